The van der Waals surface area contributed by atoms with Gasteiger partial charge in [0.05, 0.1) is 10.1 Å². The van der Waals surface area contributed by atoms with Crippen LogP contribution in [0.15, 0.2) is 28.7 Å². The molecule has 2 aromatic rings. The number of nitrogens with zero attached hydrogens (tertiary/aromatic N) is 1. The fourth-order valence-electron chi connectivity index (χ4n) is 3.22. The average molecular weight is 389 g/mol. The number of hydrogen-bond acceptors (Lipinski definition) is 2. The lowest BCUT2D eigenvalue weighted by Gasteiger charge is -2.08. The molecule has 4 nitrogen and oxygen atoms in total. The van der Waals surface area contributed by atoms with E-state index in [1.165, 1.54) is 24.8 Å². The maximum atomic E-state index is 12.6. The maximum Gasteiger partial charge on any atom is 0.268 e. The third-order valence-electron chi connectivity index (χ3n) is 4.54. The van der Waals surface area contributed by atoms with Gasteiger partial charge in [0.2, 0.25) is 0 Å². The number of aryl methyl sites for hydroxylation is 1. The van der Waals surface area contributed by atoms with E-state index in [4.69, 9.17) is 0 Å². The summed E-state index contributed by atoms with van der Waals surface area (Å²) in [7, 11) is 1.52. The molecule has 5 heteroatoms. The Balaban J connectivity index is 2.08. The van der Waals surface area contributed by atoms with Crippen LogP contribution in [0, 0.1) is 0 Å². The lowest BCUT2D eigenvalue weighted by Crippen LogP contribution is -2.26. The minimum absolute atomic E-state index is 0.244. The highest BCUT2D eigenvalue weighted by Crippen LogP contribution is 2.38. The lowest BCUT2D eigenvalue weighted by molar-refractivity contribution is -0.134. The zero-order chi connectivity index (χ0) is 17.3. The Labute approximate surface area is 150 Å². The van der Waals surface area contributed by atoms with Gasteiger partial charge in [-0.1, -0.05) is 44.4 Å². The van der Waals surface area contributed by atoms with Crippen LogP contribution in [0.5, 0.6) is 0 Å². The number of aromatic amines is 1. The SMILES string of the molecule is CCCCCCc1[nH]c2ccccc2c1C1=C(Br)C(=O)N(C)C1=O. The fourth-order valence-corrected chi connectivity index (χ4v) is 3.86. The van der Waals surface area contributed by atoms with Crippen LogP contribution in [0.25, 0.3) is 16.5 Å². The number of H-pyrrole nitrogens is 1. The molecular weight excluding hydrogens is 368 g/mol. The van der Waals surface area contributed by atoms with Crippen molar-refractivity contribution in [2.45, 2.75) is 39.0 Å². The smallest absolute Gasteiger partial charge is 0.268 e. The van der Waals surface area contributed by atoms with Crippen molar-refractivity contribution >= 4 is 44.2 Å². The van der Waals surface area contributed by atoms with Crippen LogP contribution in [0.4, 0.5) is 0 Å². The number of nitrogens with one attached hydrogen (secondary N) is 1. The molecule has 1 aromatic carbocycles. The van der Waals surface area contributed by atoms with Crippen molar-refractivity contribution in [3.05, 3.63) is 40.0 Å². The molecule has 126 valence electrons. The van der Waals surface area contributed by atoms with Gasteiger partial charge >= 0.3 is 0 Å². The molecule has 0 saturated heterocycles. The van der Waals surface area contributed by atoms with Crippen molar-refractivity contribution in [1.82, 2.24) is 9.88 Å². The van der Waals surface area contributed by atoms with Crippen molar-refractivity contribution in [1.29, 1.82) is 0 Å². The Hall–Kier alpha value is -1.88. The number of rotatable bonds is 6. The maximum absolute atomic E-state index is 12.6. The van der Waals surface area contributed by atoms with Crippen molar-refractivity contribution in [2.75, 3.05) is 7.05 Å². The first-order valence-corrected chi connectivity index (χ1v) is 9.17. The van der Waals surface area contributed by atoms with Gasteiger partial charge in [-0.3, -0.25) is 14.5 Å². The molecule has 1 N–H and O–H groups in total. The Morgan fingerprint density at radius 2 is 1.83 bits per heavy atom. The second-order valence-corrected chi connectivity index (χ2v) is 6.99. The number of fused-ring (bicyclic) bond motifs is 1. The summed E-state index contributed by atoms with van der Waals surface area (Å²) in [5.74, 6) is -0.524. The molecule has 24 heavy (non-hydrogen) atoms. The first-order chi connectivity index (χ1) is 11.6. The molecule has 0 bridgehead atoms. The van der Waals surface area contributed by atoms with E-state index in [0.717, 1.165) is 41.4 Å². The fraction of sp³-hybridized carbons (Fsp3) is 0.368. The van der Waals surface area contributed by atoms with E-state index < -0.39 is 0 Å². The summed E-state index contributed by atoms with van der Waals surface area (Å²) in [6.45, 7) is 2.19. The molecule has 1 aromatic heterocycles. The largest absolute Gasteiger partial charge is 0.358 e. The molecule has 0 fully saturated rings. The molecule has 2 heterocycles. The minimum atomic E-state index is -0.280. The van der Waals surface area contributed by atoms with Crippen LogP contribution in [-0.4, -0.2) is 28.7 Å². The summed E-state index contributed by atoms with van der Waals surface area (Å²) in [4.78, 5) is 29.4. The van der Waals surface area contributed by atoms with Crippen LogP contribution in [0.1, 0.15) is 43.9 Å². The Morgan fingerprint density at radius 3 is 2.50 bits per heavy atom. The number of imide groups is 1. The molecule has 1 aliphatic rings. The van der Waals surface area contributed by atoms with Gasteiger partial charge in [0, 0.05) is 29.2 Å². The third kappa shape index (κ3) is 2.81. The number of benzene rings is 1. The van der Waals surface area contributed by atoms with Gasteiger partial charge in [0.25, 0.3) is 11.8 Å². The number of para-hydroxylation sites is 1. The van der Waals surface area contributed by atoms with E-state index in [9.17, 15) is 9.59 Å². The Morgan fingerprint density at radius 1 is 1.08 bits per heavy atom. The van der Waals surface area contributed by atoms with Crippen molar-refractivity contribution in [2.24, 2.45) is 0 Å². The molecule has 0 spiro atoms. The monoisotopic (exact) mass is 388 g/mol. The van der Waals surface area contributed by atoms with E-state index in [0.29, 0.717) is 10.1 Å². The van der Waals surface area contributed by atoms with Gasteiger partial charge in [-0.25, -0.2) is 0 Å². The number of hydrogen-bond donors (Lipinski definition) is 1. The van der Waals surface area contributed by atoms with Crippen molar-refractivity contribution < 1.29 is 9.59 Å². The lowest BCUT2D eigenvalue weighted by atomic mass is 9.99. The normalized spacial score (nSPS) is 15.2. The predicted octanol–water partition coefficient (Wildman–Crippen LogP) is 4.40. The summed E-state index contributed by atoms with van der Waals surface area (Å²) >= 11 is 3.34. The Kier molecular flexibility index (Phi) is 4.90. The summed E-state index contributed by atoms with van der Waals surface area (Å²) in [6, 6.07) is 7.94. The van der Waals surface area contributed by atoms with E-state index in [1.807, 2.05) is 24.3 Å². The highest BCUT2D eigenvalue weighted by atomic mass is 79.9. The molecule has 1 aliphatic heterocycles. The standard InChI is InChI=1S/C19H21BrN2O2/c1-3-4-5-6-11-14-15(12-9-7-8-10-13(12)21-14)16-17(20)19(24)22(2)18(16)23/h7-10,21H,3-6,11H2,1-2H3. The third-order valence-corrected chi connectivity index (χ3v) is 5.28. The highest BCUT2D eigenvalue weighted by Gasteiger charge is 2.37. The van der Waals surface area contributed by atoms with Crippen LogP contribution < -0.4 is 0 Å². The number of unbranched alkanes of at least 4 members (excludes halogenated alkanes) is 3. The first-order valence-electron chi connectivity index (χ1n) is 8.38. The summed E-state index contributed by atoms with van der Waals surface area (Å²) in [5, 5.41) is 0.992. The second kappa shape index (κ2) is 6.93. The van der Waals surface area contributed by atoms with Gasteiger partial charge in [0.15, 0.2) is 0 Å². The summed E-state index contributed by atoms with van der Waals surface area (Å²) in [5.41, 5.74) is 3.39. The zero-order valence-electron chi connectivity index (χ0n) is 14.0. The van der Waals surface area contributed by atoms with E-state index in [-0.39, 0.29) is 11.8 Å². The average Bonchev–Trinajstić information content (AvgIpc) is 3.03. The molecule has 0 saturated carbocycles. The van der Waals surface area contributed by atoms with E-state index in [1.54, 1.807) is 0 Å². The number of carbonyl (C=O) groups is 2. The topological polar surface area (TPSA) is 53.2 Å². The molecular formula is C19H21BrN2O2. The number of aromatic nitrogens is 1. The van der Waals surface area contributed by atoms with Gasteiger partial charge in [-0.2, -0.15) is 0 Å². The number of amides is 2. The zero-order valence-corrected chi connectivity index (χ0v) is 15.6. The second-order valence-electron chi connectivity index (χ2n) is 6.19. The summed E-state index contributed by atoms with van der Waals surface area (Å²) in [6.07, 6.45) is 5.50. The number of halogens is 1. The Bertz CT molecular complexity index is 835. The van der Waals surface area contributed by atoms with Gasteiger partial charge in [-0.15, -0.1) is 0 Å². The quantitative estimate of drug-likeness (QED) is 0.588. The van der Waals surface area contributed by atoms with E-state index in [2.05, 4.69) is 27.8 Å². The molecule has 3 rings (SSSR count). The van der Waals surface area contributed by atoms with Crippen molar-refractivity contribution in [3.8, 4) is 0 Å². The van der Waals surface area contributed by atoms with Crippen LogP contribution in [0.3, 0.4) is 0 Å². The van der Waals surface area contributed by atoms with Crippen LogP contribution >= 0.6 is 15.9 Å². The van der Waals surface area contributed by atoms with Gasteiger partial charge in [-0.05, 0) is 34.8 Å². The van der Waals surface area contributed by atoms with Crippen LogP contribution in [0.2, 0.25) is 0 Å². The van der Waals surface area contributed by atoms with Gasteiger partial charge < -0.3 is 4.98 Å². The van der Waals surface area contributed by atoms with Crippen molar-refractivity contribution in [3.63, 3.8) is 0 Å². The van der Waals surface area contributed by atoms with Gasteiger partial charge in [0.1, 0.15) is 0 Å². The highest BCUT2D eigenvalue weighted by molar-refractivity contribution is 9.12. The summed E-state index contributed by atoms with van der Waals surface area (Å²) < 4.78 is 0.356. The first kappa shape index (κ1) is 17.0. The van der Waals surface area contributed by atoms with Crippen LogP contribution in [-0.2, 0) is 16.0 Å². The molecule has 0 atom stereocenters. The van der Waals surface area contributed by atoms with E-state index >= 15 is 0 Å². The number of carbonyl (C=O) groups excluding carboxylic acids is 2. The molecule has 0 radical (unpaired) electrons. The minimum Gasteiger partial charge on any atom is -0.358 e. The number of likely N-dealkylation sites (N-methyl/N-ethyl adjacent to an activating group) is 1. The molecule has 0 aliphatic carbocycles. The molecule has 0 unspecified atom stereocenters. The molecule has 2 amide bonds. The predicted molar refractivity (Wildman–Crippen MR) is 99.8 cm³/mol.